The molecule has 3 heteroatoms. The number of rotatable bonds is 1. The molecule has 0 amide bonds. The van der Waals surface area contributed by atoms with Crippen molar-refractivity contribution in [2.45, 2.75) is 0 Å². The molecule has 0 saturated heterocycles. The molecule has 6 heavy (non-hydrogen) atoms. The van der Waals surface area contributed by atoms with Crippen LogP contribution in [0, 0.1) is 0 Å². The van der Waals surface area contributed by atoms with Gasteiger partial charge in [0.15, 0.2) is 6.29 Å². The highest BCUT2D eigenvalue weighted by Gasteiger charge is 1.49. The van der Waals surface area contributed by atoms with Gasteiger partial charge in [-0.3, -0.25) is 4.79 Å². The number of carbonyl (C=O) groups is 1. The monoisotopic (exact) mass is 96.0 g/mol. The summed E-state index contributed by atoms with van der Waals surface area (Å²) >= 11 is 0. The molecule has 0 bridgehead atoms. The molecule has 0 aromatic rings. The molecule has 0 atom stereocenters. The number of hydrogen-bond donors (Lipinski definition) is 0. The zero-order valence-corrected chi connectivity index (χ0v) is 2.47. The van der Waals surface area contributed by atoms with Gasteiger partial charge in [-0.2, -0.15) is 0 Å². The molecule has 0 heterocycles. The second kappa shape index (κ2) is 8.86. The molecule has 0 aliphatic heterocycles. The number of aldehydes is 1. The van der Waals surface area contributed by atoms with Crippen LogP contribution >= 0.6 is 0 Å². The molecule has 0 fully saturated rings. The average molecular weight is 96.4 g/mol. The van der Waals surface area contributed by atoms with Crippen LogP contribution in [0.5, 0.6) is 0 Å². The minimum atomic E-state index is 0. The van der Waals surface area contributed by atoms with Crippen molar-refractivity contribution in [2.24, 2.45) is 0 Å². The van der Waals surface area contributed by atoms with Crippen LogP contribution < -0.4 is 0 Å². The molecule has 0 N–H and O–H groups in total. The van der Waals surface area contributed by atoms with Crippen LogP contribution in [0.4, 0.5) is 0 Å². The maximum absolute atomic E-state index is 9.09. The van der Waals surface area contributed by atoms with Gasteiger partial charge in [0.05, 0.1) is 6.08 Å². The lowest BCUT2D eigenvalue weighted by Gasteiger charge is -1.36. The van der Waals surface area contributed by atoms with E-state index >= 15 is 0 Å². The topological polar surface area (TPSA) is 34.1 Å². The Bertz CT molecular complexity index is 72.9. The predicted octanol–water partition coefficient (Wildman–Crippen LogP) is -1.34. The van der Waals surface area contributed by atoms with E-state index in [0.29, 0.717) is 6.29 Å². The van der Waals surface area contributed by atoms with E-state index in [1.54, 1.807) is 0 Å². The molecular formula is C3H4MgO2. The third-order valence-electron chi connectivity index (χ3n) is 0.136. The second-order valence-electron chi connectivity index (χ2n) is 0.421. The molecular weight excluding hydrogens is 92.3 g/mol. The predicted molar refractivity (Wildman–Crippen MR) is 24.9 cm³/mol. The smallest absolute Gasteiger partial charge is 0.298 e. The third kappa shape index (κ3) is 9.10. The fourth-order valence-corrected chi connectivity index (χ4v) is 0.0278. The molecule has 0 saturated carbocycles. The first-order chi connectivity index (χ1) is 2.41. The molecule has 0 rings (SSSR count). The van der Waals surface area contributed by atoms with Crippen LogP contribution in [0.3, 0.4) is 0 Å². The van der Waals surface area contributed by atoms with Gasteiger partial charge in [-0.25, -0.2) is 4.79 Å². The minimum absolute atomic E-state index is 0. The van der Waals surface area contributed by atoms with E-state index in [1.165, 1.54) is 5.94 Å². The summed E-state index contributed by atoms with van der Waals surface area (Å²) < 4.78 is 0. The van der Waals surface area contributed by atoms with Crippen molar-refractivity contribution in [3.05, 3.63) is 6.08 Å². The Labute approximate surface area is 51.4 Å². The van der Waals surface area contributed by atoms with Crippen molar-refractivity contribution in [2.75, 3.05) is 0 Å². The fourth-order valence-electron chi connectivity index (χ4n) is 0.0278. The van der Waals surface area contributed by atoms with E-state index in [-0.39, 0.29) is 23.1 Å². The van der Waals surface area contributed by atoms with E-state index in [0.717, 1.165) is 6.08 Å². The van der Waals surface area contributed by atoms with E-state index in [2.05, 4.69) is 0 Å². The summed E-state index contributed by atoms with van der Waals surface area (Å²) in [6.45, 7) is 0. The van der Waals surface area contributed by atoms with Gasteiger partial charge in [0.2, 0.25) is 0 Å². The van der Waals surface area contributed by atoms with Gasteiger partial charge >= 0.3 is 23.1 Å². The van der Waals surface area contributed by atoms with Crippen LogP contribution in [-0.4, -0.2) is 35.3 Å². The number of hydrogen-bond acceptors (Lipinski definition) is 2. The first-order valence-electron chi connectivity index (χ1n) is 1.06. The summed E-state index contributed by atoms with van der Waals surface area (Å²) in [5, 5.41) is 0. The van der Waals surface area contributed by atoms with Gasteiger partial charge in [-0.05, 0) is 0 Å². The quantitative estimate of drug-likeness (QED) is 0.175. The maximum atomic E-state index is 9.09. The highest BCUT2D eigenvalue weighted by atomic mass is 24.3. The first kappa shape index (κ1) is 9.31. The zero-order chi connectivity index (χ0) is 4.12. The van der Waals surface area contributed by atoms with Crippen molar-refractivity contribution in [1.82, 2.24) is 0 Å². The Morgan fingerprint density at radius 1 is 1.50 bits per heavy atom. The summed E-state index contributed by atoms with van der Waals surface area (Å²) in [5.74, 6) is 1.27. The molecule has 0 aliphatic carbocycles. The summed E-state index contributed by atoms with van der Waals surface area (Å²) in [6.07, 6.45) is 1.15. The summed E-state index contributed by atoms with van der Waals surface area (Å²) in [7, 11) is 0. The van der Waals surface area contributed by atoms with Crippen LogP contribution in [0.1, 0.15) is 0 Å². The first-order valence-corrected chi connectivity index (χ1v) is 1.06. The molecule has 0 aromatic carbocycles. The number of allylic oxidation sites excluding steroid dienone is 1. The Hall–Kier alpha value is -0.114. The molecule has 0 radical (unpaired) electrons. The Morgan fingerprint density at radius 3 is 2.00 bits per heavy atom. The normalized spacial score (nSPS) is 4.00. The zero-order valence-electron chi connectivity index (χ0n) is 2.47. The van der Waals surface area contributed by atoms with Crippen molar-refractivity contribution in [1.29, 1.82) is 0 Å². The van der Waals surface area contributed by atoms with Crippen LogP contribution in [0.15, 0.2) is 6.08 Å². The van der Waals surface area contributed by atoms with Crippen molar-refractivity contribution < 1.29 is 9.59 Å². The van der Waals surface area contributed by atoms with E-state index in [1.807, 2.05) is 0 Å². The minimum Gasteiger partial charge on any atom is -0.298 e. The van der Waals surface area contributed by atoms with E-state index < -0.39 is 0 Å². The van der Waals surface area contributed by atoms with Gasteiger partial charge in [0.1, 0.15) is 5.94 Å². The van der Waals surface area contributed by atoms with Gasteiger partial charge in [0.25, 0.3) is 0 Å². The molecule has 30 valence electrons. The number of carbonyl (C=O) groups excluding carboxylic acids is 2. The second-order valence-corrected chi connectivity index (χ2v) is 0.421. The van der Waals surface area contributed by atoms with Crippen molar-refractivity contribution in [3.8, 4) is 0 Å². The van der Waals surface area contributed by atoms with Crippen LogP contribution in [-0.2, 0) is 9.59 Å². The van der Waals surface area contributed by atoms with Gasteiger partial charge in [-0.1, -0.05) is 0 Å². The largest absolute Gasteiger partial charge is 0.316 e. The van der Waals surface area contributed by atoms with E-state index in [9.17, 15) is 0 Å². The van der Waals surface area contributed by atoms with Crippen molar-refractivity contribution in [3.63, 3.8) is 0 Å². The Morgan fingerprint density at radius 2 is 2.00 bits per heavy atom. The molecule has 0 aliphatic rings. The lowest BCUT2D eigenvalue weighted by atomic mass is 10.7. The van der Waals surface area contributed by atoms with E-state index in [4.69, 9.17) is 9.59 Å². The van der Waals surface area contributed by atoms with Gasteiger partial charge < -0.3 is 0 Å². The van der Waals surface area contributed by atoms with Crippen LogP contribution in [0.25, 0.3) is 0 Å². The maximum Gasteiger partial charge on any atom is 0.316 e. The lowest BCUT2D eigenvalue weighted by molar-refractivity contribution is -0.104. The molecule has 2 nitrogen and oxygen atoms in total. The summed E-state index contributed by atoms with van der Waals surface area (Å²) in [6, 6.07) is 0. The highest BCUT2D eigenvalue weighted by molar-refractivity contribution is 5.77. The Balaban J connectivity index is 0. The van der Waals surface area contributed by atoms with Gasteiger partial charge in [-0.15, -0.1) is 0 Å². The highest BCUT2D eigenvalue weighted by Crippen LogP contribution is 1.34. The SMILES string of the molecule is O=C=CC=O.[MgH2]. The third-order valence-corrected chi connectivity index (χ3v) is 0.136. The molecule has 0 unspecified atom stereocenters. The summed E-state index contributed by atoms with van der Waals surface area (Å²) in [5.41, 5.74) is 0. The molecule has 0 spiro atoms. The fraction of sp³-hybridized carbons (Fsp3) is 0. The molecule has 0 aromatic heterocycles. The summed E-state index contributed by atoms with van der Waals surface area (Å²) in [4.78, 5) is 18.1. The van der Waals surface area contributed by atoms with Gasteiger partial charge in [0, 0.05) is 0 Å². The van der Waals surface area contributed by atoms with Crippen molar-refractivity contribution >= 4 is 35.3 Å². The average Bonchev–Trinajstić information content (AvgIpc) is 1.41. The standard InChI is InChI=1S/C3H2O2.Mg.2H/c4-2-1-3-5;;;/h1-2H;;;. The van der Waals surface area contributed by atoms with Crippen LogP contribution in [0.2, 0.25) is 0 Å². The Kier molecular flexibility index (Phi) is 13.7. The lowest BCUT2D eigenvalue weighted by Crippen LogP contribution is -1.53.